The van der Waals surface area contributed by atoms with Crippen molar-refractivity contribution in [3.05, 3.63) is 11.6 Å². The summed E-state index contributed by atoms with van der Waals surface area (Å²) in [6.07, 6.45) is -22.9. The zero-order chi connectivity index (χ0) is 53.1. The Morgan fingerprint density at radius 2 is 1.18 bits per heavy atom. The average Bonchev–Trinajstić information content (AvgIpc) is 3.88. The highest BCUT2D eigenvalue weighted by Crippen LogP contribution is 2.71. The number of fused-ring (bicyclic) bond motifs is 7. The van der Waals surface area contributed by atoms with Crippen LogP contribution in [0.3, 0.4) is 0 Å². The maximum Gasteiger partial charge on any atom is 0.198 e. The summed E-state index contributed by atoms with van der Waals surface area (Å²) in [6, 6.07) is 0. The van der Waals surface area contributed by atoms with Crippen LogP contribution in [0.4, 0.5) is 0 Å². The Labute approximate surface area is 430 Å². The molecule has 23 heteroatoms. The predicted octanol–water partition coefficient (Wildman–Crippen LogP) is -2.99. The van der Waals surface area contributed by atoms with E-state index in [4.69, 9.17) is 47.4 Å². The molecule has 0 aromatic heterocycles. The van der Waals surface area contributed by atoms with Crippen molar-refractivity contribution >= 4 is 0 Å². The summed E-state index contributed by atoms with van der Waals surface area (Å²) >= 11 is 0. The van der Waals surface area contributed by atoms with Gasteiger partial charge in [0.1, 0.15) is 91.6 Å². The van der Waals surface area contributed by atoms with Crippen LogP contribution < -0.4 is 0 Å². The van der Waals surface area contributed by atoms with Crippen LogP contribution in [0, 0.1) is 46.3 Å². The van der Waals surface area contributed by atoms with Gasteiger partial charge >= 0.3 is 0 Å². The summed E-state index contributed by atoms with van der Waals surface area (Å²) in [7, 11) is 0. The predicted molar refractivity (Wildman–Crippen MR) is 248 cm³/mol. The first-order valence-electron chi connectivity index (χ1n) is 27.0. The Hall–Kier alpha value is -1.18. The summed E-state index contributed by atoms with van der Waals surface area (Å²) in [5.41, 5.74) is 0.930. The normalized spacial score (nSPS) is 57.5. The molecule has 23 nitrogen and oxygen atoms in total. The highest BCUT2D eigenvalue weighted by molar-refractivity contribution is 5.27. The molecular formula is C51H82O23. The topological polar surface area (TPSA) is 355 Å². The van der Waals surface area contributed by atoms with Crippen molar-refractivity contribution in [3.8, 4) is 0 Å². The van der Waals surface area contributed by atoms with E-state index in [1.165, 1.54) is 19.4 Å². The lowest BCUT2D eigenvalue weighted by molar-refractivity contribution is -0.388. The number of aliphatic hydroxyl groups is 13. The van der Waals surface area contributed by atoms with Crippen LogP contribution in [0.5, 0.6) is 0 Å². The minimum absolute atomic E-state index is 0.0797. The van der Waals surface area contributed by atoms with Crippen LogP contribution in [-0.2, 0) is 47.4 Å². The van der Waals surface area contributed by atoms with E-state index in [-0.39, 0.29) is 47.9 Å². The molecule has 6 aliphatic heterocycles. The first kappa shape index (κ1) is 56.1. The smallest absolute Gasteiger partial charge is 0.198 e. The van der Waals surface area contributed by atoms with Crippen LogP contribution in [0.15, 0.2) is 11.6 Å². The third kappa shape index (κ3) is 9.29. The number of hydrogen-bond acceptors (Lipinski definition) is 23. The van der Waals surface area contributed by atoms with Gasteiger partial charge in [0, 0.05) is 18.4 Å². The van der Waals surface area contributed by atoms with Gasteiger partial charge in [-0.15, -0.1) is 0 Å². The van der Waals surface area contributed by atoms with Crippen molar-refractivity contribution in [2.45, 2.75) is 233 Å². The first-order chi connectivity index (χ1) is 35.1. The second kappa shape index (κ2) is 21.4. The van der Waals surface area contributed by atoms with Gasteiger partial charge in [0.25, 0.3) is 0 Å². The Kier molecular flexibility index (Phi) is 16.2. The SMILES string of the molecule is C[C@@H]1O[C@@H](O[C@H]2[C@H](O[C@H]3CC[C@@]4(C)C(=CC[C@H]5[C@@H]6C[C@@H]7O[C@@]8(OC[C@H](CO)CC8O[C@H]8O[C@@H](CO)[C@H](O)[C@@H](O)[C@@H]8O)[C@@H](C)[C@@H]7[C@@]6(C)CC[C@@H]54)C3)O[C@H](CO)[C@@H](O[C@@H]3O[C@@H](C)[C@H](O)[C@@H](O)[C@H]3O)[C@@H]2O)[C@H](O)[C@H](O)[C@H]1O. The quantitative estimate of drug-likeness (QED) is 0.0918. The van der Waals surface area contributed by atoms with Crippen molar-refractivity contribution in [3.63, 3.8) is 0 Å². The van der Waals surface area contributed by atoms with E-state index in [0.29, 0.717) is 37.0 Å². The summed E-state index contributed by atoms with van der Waals surface area (Å²) in [5, 5.41) is 139. The van der Waals surface area contributed by atoms with E-state index in [2.05, 4.69) is 26.8 Å². The zero-order valence-corrected chi connectivity index (χ0v) is 42.7. The number of hydrogen-bond donors (Lipinski definition) is 13. The third-order valence-electron chi connectivity index (χ3n) is 19.9. The number of ether oxygens (including phenoxy) is 10. The second-order valence-corrected chi connectivity index (χ2v) is 23.9. The van der Waals surface area contributed by atoms with E-state index < -0.39 is 154 Å². The lowest BCUT2D eigenvalue weighted by Gasteiger charge is -2.59. The maximum atomic E-state index is 12.1. The van der Waals surface area contributed by atoms with E-state index in [0.717, 1.165) is 32.1 Å². The number of allylic oxidation sites excluding steroid dienone is 1. The molecule has 6 heterocycles. The number of aliphatic hydroxyl groups excluding tert-OH is 13. The standard InChI is InChI=1S/C51H82O23/c1-19-32-28(74-51(19)31(12-22(15-52)18-65-51)71-47-41(63)38(60)35(57)29(16-53)69-47)14-27-25-7-6-23-13-24(8-10-49(23,4)26(25)9-11-50(27,32)5)68-48-44(73-46-40(62)37(59)34(56)21(3)67-46)42(64)43(30(17-54)70-48)72-45-39(61)36(58)33(55)20(2)66-45/h6,19-22,24-48,52-64H,7-18H2,1-5H3/t19-,20-,21-,22-,24-,25+,26-,27-,28-,29-,30+,31?,32-,33-,34-,35-,36+,37+,38+,39+,40+,41-,42-,43+,44+,45-,46-,47+,48+,49-,50-,51-/m0/s1. The van der Waals surface area contributed by atoms with Crippen molar-refractivity contribution in [2.75, 3.05) is 26.4 Å². The second-order valence-electron chi connectivity index (χ2n) is 23.9. The largest absolute Gasteiger partial charge is 0.396 e. The molecule has 0 radical (unpaired) electrons. The molecular weight excluding hydrogens is 981 g/mol. The van der Waals surface area contributed by atoms with Crippen LogP contribution in [-0.4, -0.2) is 240 Å². The molecule has 0 bridgehead atoms. The van der Waals surface area contributed by atoms with Gasteiger partial charge in [-0.2, -0.15) is 0 Å². The van der Waals surface area contributed by atoms with Gasteiger partial charge in [0.2, 0.25) is 0 Å². The lowest BCUT2D eigenvalue weighted by Crippen LogP contribution is -2.66. The molecule has 13 N–H and O–H groups in total. The highest BCUT2D eigenvalue weighted by atomic mass is 16.8. The van der Waals surface area contributed by atoms with Gasteiger partial charge in [-0.1, -0.05) is 32.4 Å². The van der Waals surface area contributed by atoms with Gasteiger partial charge in [-0.25, -0.2) is 0 Å². The summed E-state index contributed by atoms with van der Waals surface area (Å²) in [4.78, 5) is 0. The summed E-state index contributed by atoms with van der Waals surface area (Å²) in [5.74, 6) is -0.627. The Balaban J connectivity index is 0.844. The minimum Gasteiger partial charge on any atom is -0.396 e. The summed E-state index contributed by atoms with van der Waals surface area (Å²) < 4.78 is 62.7. The van der Waals surface area contributed by atoms with E-state index >= 15 is 0 Å². The Morgan fingerprint density at radius 1 is 0.581 bits per heavy atom. The third-order valence-corrected chi connectivity index (χ3v) is 19.9. The highest BCUT2D eigenvalue weighted by Gasteiger charge is 2.71. The minimum atomic E-state index is -1.76. The average molecular weight is 1060 g/mol. The molecule has 0 amide bonds. The molecule has 1 unspecified atom stereocenters. The summed E-state index contributed by atoms with van der Waals surface area (Å²) in [6.45, 7) is 8.56. The van der Waals surface area contributed by atoms with Gasteiger partial charge in [0.15, 0.2) is 30.9 Å². The fraction of sp³-hybridized carbons (Fsp3) is 0.961. The molecule has 74 heavy (non-hydrogen) atoms. The van der Waals surface area contributed by atoms with Gasteiger partial charge < -0.3 is 114 Å². The van der Waals surface area contributed by atoms with Crippen molar-refractivity contribution in [1.82, 2.24) is 0 Å². The molecule has 10 rings (SSSR count). The molecule has 0 aromatic rings. The molecule has 6 saturated heterocycles. The molecule has 0 aromatic carbocycles. The molecule has 10 aliphatic rings. The fourth-order valence-corrected chi connectivity index (χ4v) is 15.6. The molecule has 424 valence electrons. The Morgan fingerprint density at radius 3 is 1.80 bits per heavy atom. The first-order valence-corrected chi connectivity index (χ1v) is 27.0. The zero-order valence-electron chi connectivity index (χ0n) is 42.7. The Bertz CT molecular complexity index is 1970. The molecule has 1 spiro atoms. The van der Waals surface area contributed by atoms with Crippen molar-refractivity contribution in [2.24, 2.45) is 46.3 Å². The van der Waals surface area contributed by atoms with Crippen LogP contribution in [0.25, 0.3) is 0 Å². The lowest BCUT2D eigenvalue weighted by atomic mass is 9.47. The van der Waals surface area contributed by atoms with Gasteiger partial charge in [-0.3, -0.25) is 0 Å². The van der Waals surface area contributed by atoms with E-state index in [1.54, 1.807) is 0 Å². The van der Waals surface area contributed by atoms with Gasteiger partial charge in [0.05, 0.1) is 44.2 Å². The van der Waals surface area contributed by atoms with Gasteiger partial charge in [-0.05, 0) is 99.7 Å². The van der Waals surface area contributed by atoms with Crippen LogP contribution in [0.2, 0.25) is 0 Å². The van der Waals surface area contributed by atoms with Crippen molar-refractivity contribution in [1.29, 1.82) is 0 Å². The van der Waals surface area contributed by atoms with E-state index in [9.17, 15) is 66.4 Å². The van der Waals surface area contributed by atoms with E-state index in [1.807, 2.05) is 0 Å². The number of rotatable bonds is 11. The van der Waals surface area contributed by atoms with Crippen LogP contribution >= 0.6 is 0 Å². The monoisotopic (exact) mass is 1060 g/mol. The molecule has 9 fully saturated rings. The maximum absolute atomic E-state index is 12.1. The molecule has 4 aliphatic carbocycles. The van der Waals surface area contributed by atoms with Crippen LogP contribution in [0.1, 0.15) is 86.0 Å². The fourth-order valence-electron chi connectivity index (χ4n) is 15.6. The van der Waals surface area contributed by atoms with Crippen molar-refractivity contribution < 1.29 is 114 Å². The molecule has 3 saturated carbocycles. The molecule has 32 atom stereocenters.